The van der Waals surface area contributed by atoms with Crippen LogP contribution in [0.1, 0.15) is 12.0 Å². The second-order valence-electron chi connectivity index (χ2n) is 4.82. The van der Waals surface area contributed by atoms with Crippen LogP contribution in [0.2, 0.25) is 5.02 Å². The average Bonchev–Trinajstić information content (AvgIpc) is 2.47. The number of rotatable bonds is 5. The molecular formula is C16H15ClF2N2O. The van der Waals surface area contributed by atoms with Gasteiger partial charge in [-0.1, -0.05) is 17.7 Å². The van der Waals surface area contributed by atoms with Crippen molar-refractivity contribution in [3.8, 4) is 0 Å². The van der Waals surface area contributed by atoms with Gasteiger partial charge in [0.1, 0.15) is 0 Å². The summed E-state index contributed by atoms with van der Waals surface area (Å²) in [6.45, 7) is 2.30. The van der Waals surface area contributed by atoms with E-state index in [1.165, 1.54) is 6.07 Å². The van der Waals surface area contributed by atoms with Gasteiger partial charge >= 0.3 is 0 Å². The van der Waals surface area contributed by atoms with E-state index in [1.54, 1.807) is 6.07 Å². The topological polar surface area (TPSA) is 41.1 Å². The van der Waals surface area contributed by atoms with Gasteiger partial charge in [-0.05, 0) is 36.8 Å². The first-order valence-electron chi connectivity index (χ1n) is 6.70. The maximum absolute atomic E-state index is 13.0. The molecule has 0 spiro atoms. The molecule has 0 aliphatic heterocycles. The Morgan fingerprint density at radius 1 is 1.09 bits per heavy atom. The Kier molecular flexibility index (Phi) is 5.33. The van der Waals surface area contributed by atoms with Gasteiger partial charge in [-0.15, -0.1) is 0 Å². The Hall–Kier alpha value is -2.14. The Morgan fingerprint density at radius 3 is 2.50 bits per heavy atom. The number of anilines is 2. The van der Waals surface area contributed by atoms with Crippen molar-refractivity contribution in [3.05, 3.63) is 58.6 Å². The highest BCUT2D eigenvalue weighted by atomic mass is 35.5. The molecule has 1 amide bonds. The Balaban J connectivity index is 1.82. The number of halogens is 3. The van der Waals surface area contributed by atoms with Crippen molar-refractivity contribution in [1.82, 2.24) is 0 Å². The summed E-state index contributed by atoms with van der Waals surface area (Å²) in [5.41, 5.74) is 2.02. The van der Waals surface area contributed by atoms with Gasteiger partial charge in [-0.2, -0.15) is 0 Å². The van der Waals surface area contributed by atoms with Crippen molar-refractivity contribution >= 4 is 28.9 Å². The minimum atomic E-state index is -0.995. The molecule has 3 nitrogen and oxygen atoms in total. The summed E-state index contributed by atoms with van der Waals surface area (Å²) < 4.78 is 25.8. The van der Waals surface area contributed by atoms with E-state index in [0.29, 0.717) is 11.6 Å². The molecule has 0 aliphatic rings. The van der Waals surface area contributed by atoms with Crippen LogP contribution in [0, 0.1) is 18.6 Å². The quantitative estimate of drug-likeness (QED) is 0.857. The zero-order valence-corrected chi connectivity index (χ0v) is 12.7. The SMILES string of the molecule is Cc1ccc(NCCC(=O)Nc2ccc(F)c(F)c2)cc1Cl. The first kappa shape index (κ1) is 16.2. The highest BCUT2D eigenvalue weighted by molar-refractivity contribution is 6.31. The molecule has 2 N–H and O–H groups in total. The lowest BCUT2D eigenvalue weighted by Crippen LogP contribution is -2.16. The molecule has 0 fully saturated rings. The minimum Gasteiger partial charge on any atom is -0.384 e. The molecule has 0 bridgehead atoms. The summed E-state index contributed by atoms with van der Waals surface area (Å²) >= 11 is 6.00. The van der Waals surface area contributed by atoms with Crippen molar-refractivity contribution in [2.75, 3.05) is 17.2 Å². The molecule has 0 unspecified atom stereocenters. The standard InChI is InChI=1S/C16H15ClF2N2O/c1-10-2-3-11(8-13(10)17)20-7-6-16(22)21-12-4-5-14(18)15(19)9-12/h2-5,8-9,20H,6-7H2,1H3,(H,21,22). The van der Waals surface area contributed by atoms with E-state index in [9.17, 15) is 13.6 Å². The minimum absolute atomic E-state index is 0.185. The van der Waals surface area contributed by atoms with Gasteiger partial charge in [0.2, 0.25) is 5.91 Å². The molecule has 0 heterocycles. The normalized spacial score (nSPS) is 10.4. The van der Waals surface area contributed by atoms with Crippen LogP contribution < -0.4 is 10.6 Å². The predicted octanol–water partition coefficient (Wildman–Crippen LogP) is 4.37. The van der Waals surface area contributed by atoms with Crippen LogP contribution in [0.4, 0.5) is 20.2 Å². The van der Waals surface area contributed by atoms with E-state index >= 15 is 0 Å². The predicted molar refractivity (Wildman–Crippen MR) is 84.3 cm³/mol. The number of hydrogen-bond donors (Lipinski definition) is 2. The van der Waals surface area contributed by atoms with Crippen molar-refractivity contribution in [3.63, 3.8) is 0 Å². The lowest BCUT2D eigenvalue weighted by atomic mass is 10.2. The van der Waals surface area contributed by atoms with Crippen molar-refractivity contribution < 1.29 is 13.6 Å². The Labute approximate surface area is 132 Å². The van der Waals surface area contributed by atoms with Gasteiger partial charge in [0.25, 0.3) is 0 Å². The zero-order chi connectivity index (χ0) is 16.1. The number of carbonyl (C=O) groups excluding carboxylic acids is 1. The molecule has 2 aromatic rings. The lowest BCUT2D eigenvalue weighted by molar-refractivity contribution is -0.115. The van der Waals surface area contributed by atoms with Crippen LogP contribution in [-0.2, 0) is 4.79 Å². The highest BCUT2D eigenvalue weighted by Crippen LogP contribution is 2.20. The summed E-state index contributed by atoms with van der Waals surface area (Å²) in [7, 11) is 0. The Bertz CT molecular complexity index is 692. The zero-order valence-electron chi connectivity index (χ0n) is 11.9. The molecule has 0 atom stereocenters. The van der Waals surface area contributed by atoms with E-state index in [-0.39, 0.29) is 18.0 Å². The molecule has 2 rings (SSSR count). The van der Waals surface area contributed by atoms with Crippen molar-refractivity contribution in [2.24, 2.45) is 0 Å². The average molecular weight is 325 g/mol. The first-order chi connectivity index (χ1) is 10.5. The van der Waals surface area contributed by atoms with Gasteiger partial charge < -0.3 is 10.6 Å². The summed E-state index contributed by atoms with van der Waals surface area (Å²) in [6.07, 6.45) is 0.185. The monoisotopic (exact) mass is 324 g/mol. The third kappa shape index (κ3) is 4.43. The fourth-order valence-corrected chi connectivity index (χ4v) is 2.00. The number of benzene rings is 2. The third-order valence-corrected chi connectivity index (χ3v) is 3.46. The summed E-state index contributed by atoms with van der Waals surface area (Å²) in [6, 6.07) is 8.76. The molecule has 0 saturated heterocycles. The fourth-order valence-electron chi connectivity index (χ4n) is 1.82. The molecule has 0 saturated carbocycles. The highest BCUT2D eigenvalue weighted by Gasteiger charge is 2.06. The van der Waals surface area contributed by atoms with Crippen LogP contribution in [0.5, 0.6) is 0 Å². The number of carbonyl (C=O) groups is 1. The van der Waals surface area contributed by atoms with Crippen LogP contribution in [0.25, 0.3) is 0 Å². The molecule has 0 radical (unpaired) electrons. The molecule has 0 aliphatic carbocycles. The largest absolute Gasteiger partial charge is 0.384 e. The summed E-state index contributed by atoms with van der Waals surface area (Å²) in [5, 5.41) is 6.22. The number of amides is 1. The second kappa shape index (κ2) is 7.22. The summed E-state index contributed by atoms with van der Waals surface area (Å²) in [5.74, 6) is -2.24. The van der Waals surface area contributed by atoms with Crippen LogP contribution in [0.15, 0.2) is 36.4 Å². The van der Waals surface area contributed by atoms with E-state index in [1.807, 2.05) is 19.1 Å². The van der Waals surface area contributed by atoms with E-state index < -0.39 is 11.6 Å². The molecular weight excluding hydrogens is 310 g/mol. The van der Waals surface area contributed by atoms with Gasteiger partial charge in [0.15, 0.2) is 11.6 Å². The van der Waals surface area contributed by atoms with Crippen molar-refractivity contribution in [2.45, 2.75) is 13.3 Å². The van der Waals surface area contributed by atoms with E-state index in [4.69, 9.17) is 11.6 Å². The lowest BCUT2D eigenvalue weighted by Gasteiger charge is -2.09. The molecule has 22 heavy (non-hydrogen) atoms. The molecule has 6 heteroatoms. The first-order valence-corrected chi connectivity index (χ1v) is 7.08. The van der Waals surface area contributed by atoms with E-state index in [0.717, 1.165) is 23.4 Å². The van der Waals surface area contributed by atoms with Crippen LogP contribution >= 0.6 is 11.6 Å². The fraction of sp³-hybridized carbons (Fsp3) is 0.188. The number of aryl methyl sites for hydroxylation is 1. The molecule has 2 aromatic carbocycles. The maximum atomic E-state index is 13.0. The Morgan fingerprint density at radius 2 is 1.82 bits per heavy atom. The molecule has 116 valence electrons. The van der Waals surface area contributed by atoms with Gasteiger partial charge in [-0.25, -0.2) is 8.78 Å². The smallest absolute Gasteiger partial charge is 0.226 e. The van der Waals surface area contributed by atoms with Gasteiger partial charge in [0, 0.05) is 35.4 Å². The van der Waals surface area contributed by atoms with Gasteiger partial charge in [0.05, 0.1) is 0 Å². The number of nitrogens with one attached hydrogen (secondary N) is 2. The van der Waals surface area contributed by atoms with Crippen LogP contribution in [-0.4, -0.2) is 12.5 Å². The second-order valence-corrected chi connectivity index (χ2v) is 5.23. The van der Waals surface area contributed by atoms with E-state index in [2.05, 4.69) is 10.6 Å². The number of hydrogen-bond acceptors (Lipinski definition) is 2. The molecule has 0 aromatic heterocycles. The summed E-state index contributed by atoms with van der Waals surface area (Å²) in [4.78, 5) is 11.7. The third-order valence-electron chi connectivity index (χ3n) is 3.06. The maximum Gasteiger partial charge on any atom is 0.226 e. The van der Waals surface area contributed by atoms with Gasteiger partial charge in [-0.3, -0.25) is 4.79 Å². The van der Waals surface area contributed by atoms with Crippen molar-refractivity contribution in [1.29, 1.82) is 0 Å². The van der Waals surface area contributed by atoms with Crippen LogP contribution in [0.3, 0.4) is 0 Å².